The van der Waals surface area contributed by atoms with Gasteiger partial charge in [-0.15, -0.1) is 0 Å². The first-order chi connectivity index (χ1) is 13.0. The van der Waals surface area contributed by atoms with Gasteiger partial charge in [-0.1, -0.05) is 18.2 Å². The summed E-state index contributed by atoms with van der Waals surface area (Å²) in [4.78, 5) is 0.689. The van der Waals surface area contributed by atoms with E-state index in [1.807, 2.05) is 31.2 Å². The molecule has 0 aliphatic heterocycles. The molecule has 0 aliphatic carbocycles. The molecule has 0 saturated carbocycles. The van der Waals surface area contributed by atoms with E-state index in [0.717, 1.165) is 11.3 Å². The van der Waals surface area contributed by atoms with E-state index in [4.69, 9.17) is 14.2 Å². The highest BCUT2D eigenvalue weighted by Crippen LogP contribution is 2.28. The minimum absolute atomic E-state index is 0.224. The Balaban J connectivity index is 1.68. The van der Waals surface area contributed by atoms with Crippen LogP contribution in [-0.2, 0) is 10.8 Å². The number of hydrogen-bond donors (Lipinski definition) is 2. The van der Waals surface area contributed by atoms with Crippen molar-refractivity contribution in [2.75, 3.05) is 39.7 Å². The zero-order valence-corrected chi connectivity index (χ0v) is 16.8. The zero-order chi connectivity index (χ0) is 19.6. The van der Waals surface area contributed by atoms with Crippen LogP contribution >= 0.6 is 0 Å². The molecule has 2 rings (SSSR count). The maximum atomic E-state index is 11.5. The molecule has 2 atom stereocenters. The molecule has 6 nitrogen and oxygen atoms in total. The van der Waals surface area contributed by atoms with Crippen molar-refractivity contribution in [2.24, 2.45) is 0 Å². The van der Waals surface area contributed by atoms with Crippen molar-refractivity contribution in [1.29, 1.82) is 0 Å². The van der Waals surface area contributed by atoms with Crippen LogP contribution in [-0.4, -0.2) is 55.1 Å². The average molecular weight is 394 g/mol. The summed E-state index contributed by atoms with van der Waals surface area (Å²) in [5.74, 6) is 1.93. The van der Waals surface area contributed by atoms with Crippen LogP contribution in [0.15, 0.2) is 47.4 Å². The maximum Gasteiger partial charge on any atom is 0.161 e. The molecule has 0 fully saturated rings. The van der Waals surface area contributed by atoms with Gasteiger partial charge in [-0.05, 0) is 30.7 Å². The number of aliphatic hydroxyl groups excluding tert-OH is 1. The minimum Gasteiger partial charge on any atom is -0.493 e. The largest absolute Gasteiger partial charge is 0.493 e. The number of aryl methyl sites for hydroxylation is 1. The van der Waals surface area contributed by atoms with E-state index in [-0.39, 0.29) is 6.61 Å². The van der Waals surface area contributed by atoms with Crippen LogP contribution in [0.1, 0.15) is 5.56 Å². The molecule has 0 heterocycles. The van der Waals surface area contributed by atoms with Crippen LogP contribution < -0.4 is 19.5 Å². The van der Waals surface area contributed by atoms with Crippen LogP contribution in [0.5, 0.6) is 17.2 Å². The smallest absolute Gasteiger partial charge is 0.161 e. The van der Waals surface area contributed by atoms with E-state index in [9.17, 15) is 9.32 Å². The Morgan fingerprint density at radius 1 is 1.11 bits per heavy atom. The molecule has 0 aliphatic rings. The number of aliphatic hydroxyl groups is 1. The first-order valence-electron chi connectivity index (χ1n) is 8.72. The van der Waals surface area contributed by atoms with Crippen molar-refractivity contribution >= 4 is 10.8 Å². The Morgan fingerprint density at radius 2 is 1.89 bits per heavy atom. The summed E-state index contributed by atoms with van der Waals surface area (Å²) in [6.07, 6.45) is 1.01. The maximum absolute atomic E-state index is 11.5. The van der Waals surface area contributed by atoms with E-state index in [1.165, 1.54) is 0 Å². The number of ether oxygens (including phenoxy) is 3. The average Bonchev–Trinajstić information content (AvgIpc) is 2.67. The molecule has 0 aromatic heterocycles. The van der Waals surface area contributed by atoms with Crippen molar-refractivity contribution in [1.82, 2.24) is 5.32 Å². The SMILES string of the molecule is COc1cc(S(C)=O)ccc1OCCNCC(O)COc1ccccc1C. The fourth-order valence-electron chi connectivity index (χ4n) is 2.41. The van der Waals surface area contributed by atoms with Gasteiger partial charge in [0.05, 0.1) is 7.11 Å². The third-order valence-corrected chi connectivity index (χ3v) is 4.83. The van der Waals surface area contributed by atoms with Crippen LogP contribution in [0.4, 0.5) is 0 Å². The zero-order valence-electron chi connectivity index (χ0n) is 15.9. The first kappa shape index (κ1) is 21.2. The van der Waals surface area contributed by atoms with Crippen molar-refractivity contribution in [2.45, 2.75) is 17.9 Å². The van der Waals surface area contributed by atoms with E-state index in [0.29, 0.717) is 36.1 Å². The standard InChI is InChI=1S/C20H27NO5S/c1-15-6-4-5-7-18(15)26-14-16(22)13-21-10-11-25-19-9-8-17(27(3)23)12-20(19)24-2/h4-9,12,16,21-22H,10-11,13-14H2,1-3H3. The van der Waals surface area contributed by atoms with Gasteiger partial charge in [0.15, 0.2) is 11.5 Å². The molecule has 2 aromatic rings. The topological polar surface area (TPSA) is 77.0 Å². The minimum atomic E-state index is -1.07. The van der Waals surface area contributed by atoms with Gasteiger partial charge in [0, 0.05) is 41.1 Å². The molecule has 2 unspecified atom stereocenters. The molecule has 0 spiro atoms. The lowest BCUT2D eigenvalue weighted by atomic mass is 10.2. The number of para-hydroxylation sites is 1. The Labute approximate surface area is 162 Å². The summed E-state index contributed by atoms with van der Waals surface area (Å²) in [6.45, 7) is 3.57. The number of hydrogen-bond acceptors (Lipinski definition) is 6. The first-order valence-corrected chi connectivity index (χ1v) is 10.3. The quantitative estimate of drug-likeness (QED) is 0.570. The highest BCUT2D eigenvalue weighted by Gasteiger charge is 2.09. The van der Waals surface area contributed by atoms with Crippen molar-refractivity contribution in [3.63, 3.8) is 0 Å². The Morgan fingerprint density at radius 3 is 2.59 bits per heavy atom. The van der Waals surface area contributed by atoms with Gasteiger partial charge in [0.1, 0.15) is 25.1 Å². The van der Waals surface area contributed by atoms with Gasteiger partial charge in [0.25, 0.3) is 0 Å². The predicted octanol–water partition coefficient (Wildman–Crippen LogP) is 2.15. The molecule has 7 heteroatoms. The fraction of sp³-hybridized carbons (Fsp3) is 0.400. The molecule has 27 heavy (non-hydrogen) atoms. The van der Waals surface area contributed by atoms with Gasteiger partial charge in [-0.25, -0.2) is 0 Å². The Kier molecular flexibility index (Phi) is 8.57. The number of nitrogens with one attached hydrogen (secondary N) is 1. The molecular weight excluding hydrogens is 366 g/mol. The summed E-state index contributed by atoms with van der Waals surface area (Å²) in [7, 11) is 0.481. The van der Waals surface area contributed by atoms with Crippen LogP contribution in [0, 0.1) is 6.92 Å². The predicted molar refractivity (Wildman–Crippen MR) is 106 cm³/mol. The lowest BCUT2D eigenvalue weighted by Gasteiger charge is -2.15. The van der Waals surface area contributed by atoms with Gasteiger partial charge in [0.2, 0.25) is 0 Å². The van der Waals surface area contributed by atoms with Crippen molar-refractivity contribution < 1.29 is 23.5 Å². The van der Waals surface area contributed by atoms with Crippen LogP contribution in [0.2, 0.25) is 0 Å². The monoisotopic (exact) mass is 393 g/mol. The summed E-state index contributed by atoms with van der Waals surface area (Å²) in [5, 5.41) is 13.1. The lowest BCUT2D eigenvalue weighted by molar-refractivity contribution is 0.105. The summed E-state index contributed by atoms with van der Waals surface area (Å²) < 4.78 is 28.1. The van der Waals surface area contributed by atoms with E-state index < -0.39 is 16.9 Å². The molecule has 2 N–H and O–H groups in total. The van der Waals surface area contributed by atoms with Gasteiger partial charge in [-0.2, -0.15) is 0 Å². The third-order valence-electron chi connectivity index (χ3n) is 3.91. The van der Waals surface area contributed by atoms with E-state index >= 15 is 0 Å². The molecule has 2 aromatic carbocycles. The van der Waals surface area contributed by atoms with Crippen LogP contribution in [0.25, 0.3) is 0 Å². The molecule has 0 bridgehead atoms. The number of rotatable bonds is 11. The highest BCUT2D eigenvalue weighted by molar-refractivity contribution is 7.84. The third kappa shape index (κ3) is 6.86. The molecule has 148 valence electrons. The molecule has 0 amide bonds. The number of methoxy groups -OCH3 is 1. The van der Waals surface area contributed by atoms with E-state index in [2.05, 4.69) is 5.32 Å². The Hall–Kier alpha value is -2.09. The van der Waals surface area contributed by atoms with E-state index in [1.54, 1.807) is 31.6 Å². The highest BCUT2D eigenvalue weighted by atomic mass is 32.2. The summed E-state index contributed by atoms with van der Waals surface area (Å²) >= 11 is 0. The lowest BCUT2D eigenvalue weighted by Crippen LogP contribution is -2.33. The second-order valence-electron chi connectivity index (χ2n) is 6.05. The molecule has 0 radical (unpaired) electrons. The van der Waals surface area contributed by atoms with Gasteiger partial charge < -0.3 is 24.6 Å². The summed E-state index contributed by atoms with van der Waals surface area (Å²) in [6, 6.07) is 12.9. The second-order valence-corrected chi connectivity index (χ2v) is 7.43. The van der Waals surface area contributed by atoms with Crippen molar-refractivity contribution in [3.8, 4) is 17.2 Å². The summed E-state index contributed by atoms with van der Waals surface area (Å²) in [5.41, 5.74) is 1.04. The number of benzene rings is 2. The molecular formula is C20H27NO5S. The normalized spacial score (nSPS) is 13.0. The van der Waals surface area contributed by atoms with Gasteiger partial charge in [-0.3, -0.25) is 4.21 Å². The van der Waals surface area contributed by atoms with Gasteiger partial charge >= 0.3 is 0 Å². The second kappa shape index (κ2) is 10.9. The molecule has 0 saturated heterocycles. The Bertz CT molecular complexity index is 753. The fourth-order valence-corrected chi connectivity index (χ4v) is 2.94. The van der Waals surface area contributed by atoms with Crippen molar-refractivity contribution in [3.05, 3.63) is 48.0 Å². The van der Waals surface area contributed by atoms with Crippen LogP contribution in [0.3, 0.4) is 0 Å².